The molecule has 5 nitrogen and oxygen atoms in total. The molecule has 1 aromatic carbocycles. The van der Waals surface area contributed by atoms with Crippen LogP contribution < -0.4 is 10.7 Å². The number of rotatable bonds is 3. The van der Waals surface area contributed by atoms with E-state index in [1.54, 1.807) is 0 Å². The highest BCUT2D eigenvalue weighted by molar-refractivity contribution is 6.06. The Bertz CT molecular complexity index is 676. The number of carbonyl (C=O) groups is 2. The van der Waals surface area contributed by atoms with Crippen molar-refractivity contribution in [3.63, 3.8) is 0 Å². The normalized spacial score (nSPS) is 28.6. The van der Waals surface area contributed by atoms with Crippen LogP contribution in [0, 0.1) is 23.2 Å². The second kappa shape index (κ2) is 5.48. The average molecular weight is 313 g/mol. The maximum Gasteiger partial charge on any atom is 0.240 e. The standard InChI is InChI=1S/C18H23N3O2/c1-10-9-14(22)20-21-16(10)12-5-7-13(8-6-12)19-17(23)15-11(2)18(15,3)4/h5-8,10-11,15H,9H2,1-4H3,(H,19,23)(H,20,22). The predicted molar refractivity (Wildman–Crippen MR) is 90.0 cm³/mol. The summed E-state index contributed by atoms with van der Waals surface area (Å²) >= 11 is 0. The van der Waals surface area contributed by atoms with Gasteiger partial charge in [-0.15, -0.1) is 0 Å². The summed E-state index contributed by atoms with van der Waals surface area (Å²) in [6, 6.07) is 7.64. The van der Waals surface area contributed by atoms with Gasteiger partial charge < -0.3 is 5.32 Å². The fourth-order valence-corrected chi connectivity index (χ4v) is 3.41. The fourth-order valence-electron chi connectivity index (χ4n) is 3.41. The number of hydrogen-bond donors (Lipinski definition) is 2. The number of hydrogen-bond acceptors (Lipinski definition) is 3. The van der Waals surface area contributed by atoms with Gasteiger partial charge in [0.05, 0.1) is 5.71 Å². The van der Waals surface area contributed by atoms with Crippen LogP contribution in [0.4, 0.5) is 5.69 Å². The molecule has 3 atom stereocenters. The van der Waals surface area contributed by atoms with E-state index in [1.165, 1.54) is 0 Å². The first-order valence-corrected chi connectivity index (χ1v) is 8.08. The molecular formula is C18H23N3O2. The quantitative estimate of drug-likeness (QED) is 0.901. The van der Waals surface area contributed by atoms with Gasteiger partial charge in [-0.3, -0.25) is 9.59 Å². The second-order valence-corrected chi connectivity index (χ2v) is 7.29. The van der Waals surface area contributed by atoms with E-state index >= 15 is 0 Å². The molecule has 3 rings (SSSR count). The highest BCUT2D eigenvalue weighted by atomic mass is 16.2. The number of carbonyl (C=O) groups excluding carboxylic acids is 2. The van der Waals surface area contributed by atoms with E-state index in [0.29, 0.717) is 12.3 Å². The lowest BCUT2D eigenvalue weighted by Crippen LogP contribution is -2.31. The van der Waals surface area contributed by atoms with Crippen LogP contribution in [0.2, 0.25) is 0 Å². The SMILES string of the molecule is CC1CC(=O)NN=C1c1ccc(NC(=O)C2C(C)C2(C)C)cc1. The molecule has 2 aliphatic rings. The first kappa shape index (κ1) is 15.7. The topological polar surface area (TPSA) is 70.6 Å². The van der Waals surface area contributed by atoms with Gasteiger partial charge >= 0.3 is 0 Å². The first-order chi connectivity index (χ1) is 10.8. The molecule has 0 radical (unpaired) electrons. The minimum Gasteiger partial charge on any atom is -0.326 e. The lowest BCUT2D eigenvalue weighted by atomic mass is 9.94. The van der Waals surface area contributed by atoms with E-state index in [9.17, 15) is 9.59 Å². The number of benzene rings is 1. The molecule has 2 amide bonds. The van der Waals surface area contributed by atoms with Gasteiger partial charge in [0.2, 0.25) is 11.8 Å². The van der Waals surface area contributed by atoms with Crippen LogP contribution in [0.3, 0.4) is 0 Å². The Morgan fingerprint density at radius 2 is 1.87 bits per heavy atom. The molecule has 2 N–H and O–H groups in total. The van der Waals surface area contributed by atoms with Crippen LogP contribution in [-0.2, 0) is 9.59 Å². The third-order valence-electron chi connectivity index (χ3n) is 5.36. The van der Waals surface area contributed by atoms with Gasteiger partial charge in [-0.25, -0.2) is 5.43 Å². The van der Waals surface area contributed by atoms with E-state index in [2.05, 4.69) is 36.6 Å². The molecule has 0 spiro atoms. The summed E-state index contributed by atoms with van der Waals surface area (Å²) in [5.74, 6) is 0.637. The summed E-state index contributed by atoms with van der Waals surface area (Å²) in [5.41, 5.74) is 5.25. The molecular weight excluding hydrogens is 290 g/mol. The molecule has 0 aromatic heterocycles. The monoisotopic (exact) mass is 313 g/mol. The Morgan fingerprint density at radius 3 is 2.39 bits per heavy atom. The van der Waals surface area contributed by atoms with Crippen molar-refractivity contribution in [1.82, 2.24) is 5.43 Å². The maximum atomic E-state index is 12.3. The van der Waals surface area contributed by atoms with E-state index in [-0.39, 0.29) is 29.1 Å². The van der Waals surface area contributed by atoms with Crippen LogP contribution in [0.1, 0.15) is 39.7 Å². The summed E-state index contributed by atoms with van der Waals surface area (Å²) in [4.78, 5) is 23.6. The van der Waals surface area contributed by atoms with E-state index in [0.717, 1.165) is 17.0 Å². The van der Waals surface area contributed by atoms with Gasteiger partial charge in [0.25, 0.3) is 0 Å². The average Bonchev–Trinajstić information content (AvgIpc) is 2.98. The largest absolute Gasteiger partial charge is 0.326 e. The van der Waals surface area contributed by atoms with Crippen LogP contribution in [0.5, 0.6) is 0 Å². The molecule has 3 unspecified atom stereocenters. The first-order valence-electron chi connectivity index (χ1n) is 8.08. The number of anilines is 1. The van der Waals surface area contributed by atoms with Gasteiger partial charge in [0.1, 0.15) is 0 Å². The van der Waals surface area contributed by atoms with Gasteiger partial charge in [0, 0.05) is 23.9 Å². The van der Waals surface area contributed by atoms with Crippen molar-refractivity contribution in [2.45, 2.75) is 34.1 Å². The minimum atomic E-state index is -0.0497. The molecule has 1 heterocycles. The summed E-state index contributed by atoms with van der Waals surface area (Å²) < 4.78 is 0. The molecule has 5 heteroatoms. The van der Waals surface area contributed by atoms with E-state index in [1.807, 2.05) is 31.2 Å². The number of nitrogens with one attached hydrogen (secondary N) is 2. The van der Waals surface area contributed by atoms with Crippen molar-refractivity contribution in [2.75, 3.05) is 5.32 Å². The Balaban J connectivity index is 1.68. The molecule has 1 aliphatic carbocycles. The van der Waals surface area contributed by atoms with Gasteiger partial charge in [-0.1, -0.05) is 39.8 Å². The van der Waals surface area contributed by atoms with Gasteiger partial charge in [-0.05, 0) is 29.0 Å². The van der Waals surface area contributed by atoms with E-state index < -0.39 is 0 Å². The van der Waals surface area contributed by atoms with Crippen molar-refractivity contribution >= 4 is 23.2 Å². The maximum absolute atomic E-state index is 12.3. The Morgan fingerprint density at radius 1 is 1.26 bits per heavy atom. The van der Waals surface area contributed by atoms with Gasteiger partial charge in [0.15, 0.2) is 0 Å². The molecule has 0 bridgehead atoms. The Kier molecular flexibility index (Phi) is 3.74. The molecule has 1 aromatic rings. The van der Waals surface area contributed by atoms with Crippen LogP contribution in [0.25, 0.3) is 0 Å². The zero-order chi connectivity index (χ0) is 16.8. The number of hydrazone groups is 1. The zero-order valence-electron chi connectivity index (χ0n) is 14.0. The molecule has 1 aliphatic heterocycles. The number of amides is 2. The van der Waals surface area contributed by atoms with Gasteiger partial charge in [-0.2, -0.15) is 5.10 Å². The Hall–Kier alpha value is -2.17. The van der Waals surface area contributed by atoms with Crippen LogP contribution in [0.15, 0.2) is 29.4 Å². The third-order valence-corrected chi connectivity index (χ3v) is 5.36. The highest BCUT2D eigenvalue weighted by Gasteiger charge is 2.58. The lowest BCUT2D eigenvalue weighted by Gasteiger charge is -2.19. The summed E-state index contributed by atoms with van der Waals surface area (Å²) in [6.07, 6.45) is 0.450. The zero-order valence-corrected chi connectivity index (χ0v) is 14.0. The smallest absolute Gasteiger partial charge is 0.240 e. The van der Waals surface area contributed by atoms with Crippen molar-refractivity contribution < 1.29 is 9.59 Å². The fraction of sp³-hybridized carbons (Fsp3) is 0.500. The molecule has 23 heavy (non-hydrogen) atoms. The summed E-state index contributed by atoms with van der Waals surface area (Å²) in [6.45, 7) is 8.36. The van der Waals surface area contributed by atoms with Crippen molar-refractivity contribution in [3.8, 4) is 0 Å². The molecule has 1 saturated carbocycles. The van der Waals surface area contributed by atoms with E-state index in [4.69, 9.17) is 0 Å². The second-order valence-electron chi connectivity index (χ2n) is 7.29. The molecule has 0 saturated heterocycles. The Labute approximate surface area is 136 Å². The highest BCUT2D eigenvalue weighted by Crippen LogP contribution is 2.58. The van der Waals surface area contributed by atoms with Crippen LogP contribution >= 0.6 is 0 Å². The predicted octanol–water partition coefficient (Wildman–Crippen LogP) is 2.78. The van der Waals surface area contributed by atoms with Crippen molar-refractivity contribution in [1.29, 1.82) is 0 Å². The molecule has 1 fully saturated rings. The number of nitrogens with zero attached hydrogens (tertiary/aromatic N) is 1. The van der Waals surface area contributed by atoms with Crippen molar-refractivity contribution in [3.05, 3.63) is 29.8 Å². The van der Waals surface area contributed by atoms with Crippen molar-refractivity contribution in [2.24, 2.45) is 28.3 Å². The van der Waals surface area contributed by atoms with Crippen LogP contribution in [-0.4, -0.2) is 17.5 Å². The minimum absolute atomic E-state index is 0.0497. The summed E-state index contributed by atoms with van der Waals surface area (Å²) in [7, 11) is 0. The lowest BCUT2D eigenvalue weighted by molar-refractivity contribution is -0.122. The third kappa shape index (κ3) is 2.87. The molecule has 122 valence electrons. The summed E-state index contributed by atoms with van der Waals surface area (Å²) in [5, 5.41) is 7.14.